The molecule has 2 fully saturated rings. The summed E-state index contributed by atoms with van der Waals surface area (Å²) < 4.78 is 13.8. The Morgan fingerprint density at radius 1 is 0.860 bits per heavy atom. The van der Waals surface area contributed by atoms with Gasteiger partial charge in [-0.3, -0.25) is 19.3 Å². The van der Waals surface area contributed by atoms with Crippen molar-refractivity contribution >= 4 is 28.5 Å². The SMILES string of the molecule is CNC(=O)C(Cc1ccc2ccccc2c1)N1CCN(C(=O)C(Cc2ccc(F)cc2)NC(=O)C2Cc3ccccc3CN2)C(CC2CC2)C1. The molecule has 2 heterocycles. The maximum absolute atomic E-state index is 14.6. The summed E-state index contributed by atoms with van der Waals surface area (Å²) in [5, 5.41) is 11.7. The average molecular weight is 676 g/mol. The van der Waals surface area contributed by atoms with Crippen LogP contribution in [0.25, 0.3) is 10.8 Å². The Bertz CT molecular complexity index is 1840. The molecule has 1 saturated carbocycles. The average Bonchev–Trinajstić information content (AvgIpc) is 3.97. The number of halogens is 1. The molecule has 1 aliphatic carbocycles. The second kappa shape index (κ2) is 15.1. The minimum Gasteiger partial charge on any atom is -0.358 e. The zero-order valence-corrected chi connectivity index (χ0v) is 28.6. The summed E-state index contributed by atoms with van der Waals surface area (Å²) in [6.45, 7) is 2.15. The molecule has 3 amide bonds. The van der Waals surface area contributed by atoms with Gasteiger partial charge in [0, 0.05) is 45.7 Å². The maximum atomic E-state index is 14.6. The molecule has 50 heavy (non-hydrogen) atoms. The van der Waals surface area contributed by atoms with Gasteiger partial charge in [0.05, 0.1) is 12.1 Å². The van der Waals surface area contributed by atoms with Gasteiger partial charge in [-0.15, -0.1) is 0 Å². The molecule has 3 N–H and O–H groups in total. The lowest BCUT2D eigenvalue weighted by Crippen LogP contribution is -2.63. The maximum Gasteiger partial charge on any atom is 0.245 e. The van der Waals surface area contributed by atoms with Crippen molar-refractivity contribution in [1.82, 2.24) is 25.8 Å². The number of rotatable bonds is 11. The van der Waals surface area contributed by atoms with Crippen LogP contribution in [0.5, 0.6) is 0 Å². The molecule has 0 radical (unpaired) electrons. The smallest absolute Gasteiger partial charge is 0.245 e. The summed E-state index contributed by atoms with van der Waals surface area (Å²) in [6.07, 6.45) is 4.50. The van der Waals surface area contributed by atoms with Crippen molar-refractivity contribution in [3.05, 3.63) is 119 Å². The van der Waals surface area contributed by atoms with Gasteiger partial charge in [-0.05, 0) is 70.3 Å². The van der Waals surface area contributed by atoms with E-state index in [1.165, 1.54) is 17.7 Å². The summed E-state index contributed by atoms with van der Waals surface area (Å²) in [6, 6.07) is 27.1. The lowest BCUT2D eigenvalue weighted by molar-refractivity contribution is -0.142. The minimum atomic E-state index is -0.812. The van der Waals surface area contributed by atoms with E-state index in [0.29, 0.717) is 44.9 Å². The Morgan fingerprint density at radius 2 is 1.58 bits per heavy atom. The monoisotopic (exact) mass is 675 g/mol. The van der Waals surface area contributed by atoms with E-state index in [9.17, 15) is 18.8 Å². The van der Waals surface area contributed by atoms with Crippen LogP contribution in [0, 0.1) is 11.7 Å². The molecule has 4 atom stereocenters. The number of fused-ring (bicyclic) bond motifs is 2. The van der Waals surface area contributed by atoms with E-state index in [1.54, 1.807) is 19.2 Å². The van der Waals surface area contributed by atoms with Crippen molar-refractivity contribution in [3.8, 4) is 0 Å². The summed E-state index contributed by atoms with van der Waals surface area (Å²) in [5.41, 5.74) is 4.17. The molecule has 260 valence electrons. The van der Waals surface area contributed by atoms with Gasteiger partial charge in [0.2, 0.25) is 17.7 Å². The van der Waals surface area contributed by atoms with Crippen molar-refractivity contribution in [1.29, 1.82) is 0 Å². The molecule has 0 bridgehead atoms. The highest BCUT2D eigenvalue weighted by molar-refractivity contribution is 5.91. The zero-order valence-electron chi connectivity index (χ0n) is 28.6. The zero-order chi connectivity index (χ0) is 34.6. The first-order chi connectivity index (χ1) is 24.3. The van der Waals surface area contributed by atoms with Gasteiger partial charge >= 0.3 is 0 Å². The molecule has 8 nitrogen and oxygen atoms in total. The molecule has 1 saturated heterocycles. The first-order valence-corrected chi connectivity index (χ1v) is 17.9. The van der Waals surface area contributed by atoms with Crippen LogP contribution in [0.2, 0.25) is 0 Å². The predicted molar refractivity (Wildman–Crippen MR) is 193 cm³/mol. The molecule has 4 aromatic carbocycles. The van der Waals surface area contributed by atoms with Crippen molar-refractivity contribution in [2.24, 2.45) is 5.92 Å². The van der Waals surface area contributed by atoms with Gasteiger partial charge in [0.25, 0.3) is 0 Å². The van der Waals surface area contributed by atoms with E-state index in [4.69, 9.17) is 0 Å². The van der Waals surface area contributed by atoms with Crippen LogP contribution < -0.4 is 16.0 Å². The number of piperazine rings is 1. The number of carbonyl (C=O) groups excluding carboxylic acids is 3. The number of nitrogens with one attached hydrogen (secondary N) is 3. The van der Waals surface area contributed by atoms with Crippen LogP contribution in [0.4, 0.5) is 4.39 Å². The summed E-state index contributed by atoms with van der Waals surface area (Å²) in [4.78, 5) is 46.0. The number of hydrogen-bond acceptors (Lipinski definition) is 5. The van der Waals surface area contributed by atoms with E-state index >= 15 is 0 Å². The highest BCUT2D eigenvalue weighted by Gasteiger charge is 2.41. The topological polar surface area (TPSA) is 93.8 Å². The molecule has 4 aromatic rings. The van der Waals surface area contributed by atoms with Crippen LogP contribution >= 0.6 is 0 Å². The highest BCUT2D eigenvalue weighted by atomic mass is 19.1. The van der Waals surface area contributed by atoms with Gasteiger partial charge in [-0.2, -0.15) is 0 Å². The number of benzene rings is 4. The summed E-state index contributed by atoms with van der Waals surface area (Å²) >= 11 is 0. The fourth-order valence-corrected chi connectivity index (χ4v) is 7.70. The van der Waals surface area contributed by atoms with Gasteiger partial charge in [-0.25, -0.2) is 4.39 Å². The van der Waals surface area contributed by atoms with E-state index in [2.05, 4.69) is 57.2 Å². The van der Waals surface area contributed by atoms with Crippen LogP contribution in [0.15, 0.2) is 91.0 Å². The molecule has 0 aromatic heterocycles. The Balaban J connectivity index is 1.10. The molecule has 4 unspecified atom stereocenters. The lowest BCUT2D eigenvalue weighted by atomic mass is 9.94. The quantitative estimate of drug-likeness (QED) is 0.220. The molecule has 0 spiro atoms. The molecular formula is C41H46FN5O3. The number of nitrogens with zero attached hydrogens (tertiary/aromatic N) is 2. The van der Waals surface area contributed by atoms with E-state index < -0.39 is 12.1 Å². The third kappa shape index (κ3) is 7.90. The second-order valence-electron chi connectivity index (χ2n) is 14.2. The number of hydrogen-bond donors (Lipinski definition) is 3. The third-order valence-electron chi connectivity index (χ3n) is 10.7. The normalized spacial score (nSPS) is 20.5. The van der Waals surface area contributed by atoms with Crippen LogP contribution in [0.1, 0.15) is 41.5 Å². The minimum absolute atomic E-state index is 0.0360. The van der Waals surface area contributed by atoms with E-state index in [1.807, 2.05) is 35.2 Å². The predicted octanol–water partition coefficient (Wildman–Crippen LogP) is 4.39. The Hall–Kier alpha value is -4.60. The first kappa shape index (κ1) is 33.9. The molecule has 2 aliphatic heterocycles. The molecule has 3 aliphatic rings. The van der Waals surface area contributed by atoms with Crippen LogP contribution in [-0.2, 0) is 40.2 Å². The van der Waals surface area contributed by atoms with Gasteiger partial charge in [0.1, 0.15) is 11.9 Å². The Labute approximate surface area is 293 Å². The highest BCUT2D eigenvalue weighted by Crippen LogP contribution is 2.36. The van der Waals surface area contributed by atoms with Crippen molar-refractivity contribution in [2.45, 2.75) is 69.2 Å². The molecular weight excluding hydrogens is 629 g/mol. The number of amides is 3. The van der Waals surface area contributed by atoms with Crippen molar-refractivity contribution in [2.75, 3.05) is 26.7 Å². The fraction of sp³-hybridized carbons (Fsp3) is 0.390. The van der Waals surface area contributed by atoms with Gasteiger partial charge in [0.15, 0.2) is 0 Å². The van der Waals surface area contributed by atoms with Gasteiger partial charge in [-0.1, -0.05) is 91.7 Å². The Kier molecular flexibility index (Phi) is 10.2. The molecule has 9 heteroatoms. The van der Waals surface area contributed by atoms with Crippen molar-refractivity contribution in [3.63, 3.8) is 0 Å². The number of carbonyl (C=O) groups is 3. The van der Waals surface area contributed by atoms with Crippen LogP contribution in [0.3, 0.4) is 0 Å². The van der Waals surface area contributed by atoms with E-state index in [-0.39, 0.29) is 42.0 Å². The standard InChI is InChI=1S/C41H46FN5O3/c1-43-40(49)38(23-29-12-15-30-6-2-3-7-31(30)20-29)46-18-19-47(35(26-46)21-27-10-11-27)41(50)37(22-28-13-16-34(42)17-14-28)45-39(48)36-24-32-8-4-5-9-33(32)25-44-36/h2-9,12-17,20,27,35-38,44H,10-11,18-19,21-26H2,1H3,(H,43,49)(H,45,48). The molecule has 7 rings (SSSR count). The van der Waals surface area contributed by atoms with Crippen molar-refractivity contribution < 1.29 is 18.8 Å². The second-order valence-corrected chi connectivity index (χ2v) is 14.2. The van der Waals surface area contributed by atoms with Crippen LogP contribution in [-0.4, -0.2) is 78.4 Å². The number of likely N-dealkylation sites (N-methyl/N-ethyl adjacent to an activating group) is 1. The summed E-state index contributed by atoms with van der Waals surface area (Å²) in [5.74, 6) is -0.180. The largest absolute Gasteiger partial charge is 0.358 e. The lowest BCUT2D eigenvalue weighted by Gasteiger charge is -2.45. The summed E-state index contributed by atoms with van der Waals surface area (Å²) in [7, 11) is 1.68. The first-order valence-electron chi connectivity index (χ1n) is 17.9. The fourth-order valence-electron chi connectivity index (χ4n) is 7.70. The Morgan fingerprint density at radius 3 is 2.34 bits per heavy atom. The third-order valence-corrected chi connectivity index (χ3v) is 10.7. The van der Waals surface area contributed by atoms with E-state index in [0.717, 1.165) is 46.7 Å². The van der Waals surface area contributed by atoms with Gasteiger partial charge < -0.3 is 20.9 Å².